The van der Waals surface area contributed by atoms with Crippen molar-refractivity contribution in [1.82, 2.24) is 0 Å². The number of allylic oxidation sites excluding steroid dienone is 2. The maximum absolute atomic E-state index is 13.4. The largest absolute Gasteiger partial charge is 0.466 e. The summed E-state index contributed by atoms with van der Waals surface area (Å²) < 4.78 is 17.6. The number of hydrogen-bond donors (Lipinski definition) is 2. The van der Waals surface area contributed by atoms with E-state index in [0.717, 1.165) is 64.2 Å². The minimum absolute atomic E-state index is 0.0219. The monoisotopic (exact) mass is 799 g/mol. The van der Waals surface area contributed by atoms with Crippen molar-refractivity contribution in [1.29, 1.82) is 0 Å². The van der Waals surface area contributed by atoms with Crippen LogP contribution >= 0.6 is 0 Å². The van der Waals surface area contributed by atoms with E-state index in [-0.39, 0.29) is 52.5 Å². The molecule has 0 amide bonds. The molecule has 0 bridgehead atoms. The number of aliphatic hydroxyl groups is 2. The summed E-state index contributed by atoms with van der Waals surface area (Å²) >= 11 is 0. The van der Waals surface area contributed by atoms with Crippen LogP contribution in [0.2, 0.25) is 0 Å². The number of carbonyl (C=O) groups is 3. The zero-order valence-corrected chi connectivity index (χ0v) is 37.6. The molecule has 8 nitrogen and oxygen atoms in total. The van der Waals surface area contributed by atoms with E-state index in [1.54, 1.807) is 0 Å². The van der Waals surface area contributed by atoms with Crippen LogP contribution in [0.1, 0.15) is 204 Å². The molecule has 0 aromatic carbocycles. The highest BCUT2D eigenvalue weighted by atomic mass is 16.6. The second-order valence-corrected chi connectivity index (χ2v) is 21.2. The van der Waals surface area contributed by atoms with E-state index in [4.69, 9.17) is 14.2 Å². The maximum Gasteiger partial charge on any atom is 0.308 e. The molecule has 5 aliphatic rings. The summed E-state index contributed by atoms with van der Waals surface area (Å²) in [6.45, 7) is 19.6. The van der Waals surface area contributed by atoms with Crippen LogP contribution in [-0.2, 0) is 28.6 Å². The summed E-state index contributed by atoms with van der Waals surface area (Å²) in [7, 11) is 0. The number of carbonyl (C=O) groups excluding carboxylic acids is 3. The number of esters is 3. The highest BCUT2D eigenvalue weighted by Gasteiger charge is 2.71. The van der Waals surface area contributed by atoms with Crippen LogP contribution in [0.4, 0.5) is 0 Å². The Kier molecular flexibility index (Phi) is 14.9. The van der Waals surface area contributed by atoms with Crippen LogP contribution in [0.3, 0.4) is 0 Å². The summed E-state index contributed by atoms with van der Waals surface area (Å²) in [5.74, 6) is -0.540. The van der Waals surface area contributed by atoms with Crippen molar-refractivity contribution < 1.29 is 38.8 Å². The normalized spacial score (nSPS) is 39.4. The average Bonchev–Trinajstić information content (AvgIpc) is 3.13. The molecule has 0 aromatic rings. The van der Waals surface area contributed by atoms with Crippen LogP contribution in [0.25, 0.3) is 0 Å². The molecule has 0 unspecified atom stereocenters. The Hall–Kier alpha value is -1.93. The molecule has 2 N–H and O–H groups in total. The van der Waals surface area contributed by atoms with Crippen LogP contribution in [-0.4, -0.2) is 58.6 Å². The van der Waals surface area contributed by atoms with Gasteiger partial charge in [0.25, 0.3) is 0 Å². The zero-order valence-electron chi connectivity index (χ0n) is 37.6. The predicted molar refractivity (Wildman–Crippen MR) is 225 cm³/mol. The highest BCUT2D eigenvalue weighted by molar-refractivity contribution is 5.71. The molecule has 11 atom stereocenters. The molecule has 4 saturated carbocycles. The molecule has 0 saturated heterocycles. The molecule has 57 heavy (non-hydrogen) atoms. The molecule has 8 heteroatoms. The van der Waals surface area contributed by atoms with Crippen LogP contribution in [0, 0.1) is 44.8 Å². The third-order valence-corrected chi connectivity index (χ3v) is 17.4. The van der Waals surface area contributed by atoms with Gasteiger partial charge in [-0.2, -0.15) is 0 Å². The third-order valence-electron chi connectivity index (χ3n) is 17.4. The summed E-state index contributed by atoms with van der Waals surface area (Å²) in [5, 5.41) is 24.3. The van der Waals surface area contributed by atoms with Gasteiger partial charge in [0, 0.05) is 24.7 Å². The average molecular weight is 799 g/mol. The highest BCUT2D eigenvalue weighted by Crippen LogP contribution is 2.75. The molecule has 326 valence electrons. The van der Waals surface area contributed by atoms with Gasteiger partial charge in [-0.1, -0.05) is 137 Å². The molecule has 0 heterocycles. The zero-order chi connectivity index (χ0) is 41.9. The van der Waals surface area contributed by atoms with Crippen molar-refractivity contribution >= 4 is 17.9 Å². The number of unbranched alkanes of at least 4 members (excludes halogenated alkanes) is 12. The molecule has 5 aliphatic carbocycles. The topological polar surface area (TPSA) is 119 Å². The number of rotatable bonds is 18. The summed E-state index contributed by atoms with van der Waals surface area (Å²) in [4.78, 5) is 38.1. The Bertz CT molecular complexity index is 1440. The van der Waals surface area contributed by atoms with Crippen molar-refractivity contribution in [3.8, 4) is 0 Å². The Balaban J connectivity index is 1.25. The maximum atomic E-state index is 13.4. The lowest BCUT2D eigenvalue weighted by atomic mass is 9.33. The van der Waals surface area contributed by atoms with Crippen molar-refractivity contribution in [2.45, 2.75) is 227 Å². The molecular formula is C49H82O8. The number of ether oxygens (including phenoxy) is 3. The molecular weight excluding hydrogens is 717 g/mol. The Labute approximate surface area is 346 Å². The van der Waals surface area contributed by atoms with E-state index < -0.39 is 35.2 Å². The lowest BCUT2D eigenvalue weighted by molar-refractivity contribution is -0.245. The Morgan fingerprint density at radius 1 is 0.719 bits per heavy atom. The van der Waals surface area contributed by atoms with Gasteiger partial charge in [0.2, 0.25) is 0 Å². The molecule has 0 spiro atoms. The second kappa shape index (κ2) is 18.4. The number of fused-ring (bicyclic) bond motifs is 7. The minimum Gasteiger partial charge on any atom is -0.466 e. The second-order valence-electron chi connectivity index (χ2n) is 21.2. The van der Waals surface area contributed by atoms with E-state index in [1.807, 2.05) is 0 Å². The van der Waals surface area contributed by atoms with Crippen LogP contribution in [0.15, 0.2) is 11.6 Å². The Morgan fingerprint density at radius 2 is 1.30 bits per heavy atom. The van der Waals surface area contributed by atoms with E-state index in [9.17, 15) is 24.6 Å². The molecule has 5 rings (SSSR count). The first-order chi connectivity index (χ1) is 26.8. The molecule has 0 aromatic heterocycles. The van der Waals surface area contributed by atoms with Gasteiger partial charge < -0.3 is 24.4 Å². The summed E-state index contributed by atoms with van der Waals surface area (Å²) in [6, 6.07) is 0. The van der Waals surface area contributed by atoms with Gasteiger partial charge in [-0.3, -0.25) is 14.4 Å². The van der Waals surface area contributed by atoms with E-state index in [2.05, 4.69) is 54.5 Å². The quantitative estimate of drug-likeness (QED) is 0.0609. The fourth-order valence-corrected chi connectivity index (χ4v) is 13.9. The molecule has 0 aliphatic heterocycles. The third kappa shape index (κ3) is 9.08. The first kappa shape index (κ1) is 46.1. The standard InChI is InChI=1S/C49H82O8/c1-10-11-12-13-14-15-16-17-18-19-20-21-22-31-55-41(52)33-49(54)32-37-36-23-24-39-46(7)27-26-40(56-34(2)50)44(4,5)38(46)25-28-48(39,9)47(36,8)30-29-45(37,6)43(42(49)53)57-35(3)51/h23,37-40,42-43,53-54H,10-22,24-33H2,1-9H3/t37-,38-,39+,40+,42+,43-,45+,46-,47+,48+,49-/m0/s1. The smallest absolute Gasteiger partial charge is 0.308 e. The lowest BCUT2D eigenvalue weighted by Gasteiger charge is -2.71. The molecule has 4 fully saturated rings. The first-order valence-electron chi connectivity index (χ1n) is 23.4. The van der Waals surface area contributed by atoms with Crippen molar-refractivity contribution in [3.63, 3.8) is 0 Å². The first-order valence-corrected chi connectivity index (χ1v) is 23.4. The lowest BCUT2D eigenvalue weighted by Crippen LogP contribution is -2.69. The van der Waals surface area contributed by atoms with Gasteiger partial charge in [0.1, 0.15) is 23.9 Å². The van der Waals surface area contributed by atoms with Gasteiger partial charge in [0.15, 0.2) is 0 Å². The predicted octanol–water partition coefficient (Wildman–Crippen LogP) is 11.0. The van der Waals surface area contributed by atoms with Crippen molar-refractivity contribution in [2.75, 3.05) is 6.61 Å². The summed E-state index contributed by atoms with van der Waals surface area (Å²) in [6.07, 6.45) is 22.5. The summed E-state index contributed by atoms with van der Waals surface area (Å²) in [5.41, 5.74) is -1.36. The number of aliphatic hydroxyl groups excluding tert-OH is 1. The van der Waals surface area contributed by atoms with Crippen molar-refractivity contribution in [3.05, 3.63) is 11.6 Å². The van der Waals surface area contributed by atoms with Gasteiger partial charge in [-0.25, -0.2) is 0 Å². The van der Waals surface area contributed by atoms with Gasteiger partial charge in [0.05, 0.1) is 13.0 Å². The van der Waals surface area contributed by atoms with Crippen LogP contribution < -0.4 is 0 Å². The Morgan fingerprint density at radius 3 is 1.88 bits per heavy atom. The number of hydrogen-bond acceptors (Lipinski definition) is 8. The van der Waals surface area contributed by atoms with Gasteiger partial charge >= 0.3 is 17.9 Å². The van der Waals surface area contributed by atoms with Crippen LogP contribution in [0.5, 0.6) is 0 Å². The van der Waals surface area contributed by atoms with E-state index in [1.165, 1.54) is 83.6 Å². The minimum atomic E-state index is -1.79. The fraction of sp³-hybridized carbons (Fsp3) is 0.898. The van der Waals surface area contributed by atoms with E-state index in [0.29, 0.717) is 18.4 Å². The van der Waals surface area contributed by atoms with Gasteiger partial charge in [-0.15, -0.1) is 0 Å². The SMILES string of the molecule is CCCCCCCCCCCCCCCOC(=O)C[C@@]1(O)C[C@H]2C3=CC[C@@H]4[C@@]5(C)CC[C@@H](OC(C)=O)C(C)(C)[C@@H]5CC[C@@]4(C)[C@]3(C)CC[C@@]2(C)[C@@H](OC(C)=O)[C@H]1O. The van der Waals surface area contributed by atoms with Crippen molar-refractivity contribution in [2.24, 2.45) is 44.8 Å². The van der Waals surface area contributed by atoms with E-state index >= 15 is 0 Å². The van der Waals surface area contributed by atoms with Gasteiger partial charge in [-0.05, 0) is 91.8 Å². The molecule has 0 radical (unpaired) electrons. The fourth-order valence-electron chi connectivity index (χ4n) is 13.9.